The van der Waals surface area contributed by atoms with Gasteiger partial charge in [-0.25, -0.2) is 0 Å². The molecule has 0 radical (unpaired) electrons. The first-order chi connectivity index (χ1) is 10.5. The second kappa shape index (κ2) is 7.49. The van der Waals surface area contributed by atoms with Gasteiger partial charge in [-0.2, -0.15) is 0 Å². The van der Waals surface area contributed by atoms with Crippen molar-refractivity contribution in [3.8, 4) is 11.5 Å². The second-order valence-corrected chi connectivity index (χ2v) is 6.26. The number of nitrogens with zero attached hydrogens (tertiary/aromatic N) is 1. The standard InChI is InChI=1S/C17H26N2O3/c1-12-7-13(2)10-19(9-12)11-17(20)18-14-5-6-15(21-3)16(8-14)22-4/h5-6,8,12-13H,7,9-11H2,1-4H3,(H,18,20)/t12-,13-/m1/s1. The van der Waals surface area contributed by atoms with Crippen LogP contribution in [0.25, 0.3) is 0 Å². The molecule has 122 valence electrons. The zero-order valence-electron chi connectivity index (χ0n) is 13.9. The molecular formula is C17H26N2O3. The summed E-state index contributed by atoms with van der Waals surface area (Å²) in [5.74, 6) is 2.57. The summed E-state index contributed by atoms with van der Waals surface area (Å²) in [5, 5.41) is 2.93. The van der Waals surface area contributed by atoms with Gasteiger partial charge in [0.05, 0.1) is 20.8 Å². The third-order valence-electron chi connectivity index (χ3n) is 3.98. The Kier molecular flexibility index (Phi) is 5.66. The highest BCUT2D eigenvalue weighted by Crippen LogP contribution is 2.29. The summed E-state index contributed by atoms with van der Waals surface area (Å²) in [7, 11) is 3.18. The molecule has 22 heavy (non-hydrogen) atoms. The summed E-state index contributed by atoms with van der Waals surface area (Å²) < 4.78 is 10.4. The quantitative estimate of drug-likeness (QED) is 0.908. The fraction of sp³-hybridized carbons (Fsp3) is 0.588. The van der Waals surface area contributed by atoms with Gasteiger partial charge in [0.25, 0.3) is 0 Å². The van der Waals surface area contributed by atoms with Crippen LogP contribution in [0.15, 0.2) is 18.2 Å². The summed E-state index contributed by atoms with van der Waals surface area (Å²) in [6.07, 6.45) is 1.24. The number of likely N-dealkylation sites (tertiary alicyclic amines) is 1. The van der Waals surface area contributed by atoms with Crippen LogP contribution in [0.4, 0.5) is 5.69 Å². The molecule has 1 amide bonds. The largest absolute Gasteiger partial charge is 0.493 e. The van der Waals surface area contributed by atoms with Gasteiger partial charge in [-0.15, -0.1) is 0 Å². The van der Waals surface area contributed by atoms with E-state index >= 15 is 0 Å². The Hall–Kier alpha value is -1.75. The van der Waals surface area contributed by atoms with E-state index in [4.69, 9.17) is 9.47 Å². The first-order valence-corrected chi connectivity index (χ1v) is 7.76. The van der Waals surface area contributed by atoms with Crippen LogP contribution in [0.5, 0.6) is 11.5 Å². The molecule has 0 spiro atoms. The van der Waals surface area contributed by atoms with Crippen LogP contribution in [0.1, 0.15) is 20.3 Å². The van der Waals surface area contributed by atoms with E-state index in [0.29, 0.717) is 29.9 Å². The highest BCUT2D eigenvalue weighted by Gasteiger charge is 2.23. The molecule has 1 aromatic rings. The predicted molar refractivity (Wildman–Crippen MR) is 87.6 cm³/mol. The Balaban J connectivity index is 1.94. The van der Waals surface area contributed by atoms with Crippen LogP contribution in [0, 0.1) is 11.8 Å². The number of hydrogen-bond donors (Lipinski definition) is 1. The summed E-state index contributed by atoms with van der Waals surface area (Å²) >= 11 is 0. The number of nitrogens with one attached hydrogen (secondary N) is 1. The predicted octanol–water partition coefficient (Wildman–Crippen LogP) is 2.62. The number of methoxy groups -OCH3 is 2. The summed E-state index contributed by atoms with van der Waals surface area (Å²) in [6.45, 7) is 6.90. The van der Waals surface area contributed by atoms with E-state index in [-0.39, 0.29) is 5.91 Å². The van der Waals surface area contributed by atoms with Gasteiger partial charge in [-0.3, -0.25) is 9.69 Å². The van der Waals surface area contributed by atoms with Gasteiger partial charge in [0.1, 0.15) is 0 Å². The van der Waals surface area contributed by atoms with Crippen molar-refractivity contribution in [3.63, 3.8) is 0 Å². The lowest BCUT2D eigenvalue weighted by molar-refractivity contribution is -0.117. The molecule has 5 nitrogen and oxygen atoms in total. The molecule has 0 aliphatic carbocycles. The Bertz CT molecular complexity index is 509. The molecule has 2 atom stereocenters. The SMILES string of the molecule is COc1ccc(NC(=O)CN2C[C@H](C)C[C@@H](C)C2)cc1OC. The maximum Gasteiger partial charge on any atom is 0.238 e. The smallest absolute Gasteiger partial charge is 0.238 e. The number of hydrogen-bond acceptors (Lipinski definition) is 4. The molecule has 1 aliphatic rings. The minimum atomic E-state index is 0.00789. The minimum Gasteiger partial charge on any atom is -0.493 e. The van der Waals surface area contributed by atoms with E-state index in [2.05, 4.69) is 24.1 Å². The molecule has 1 fully saturated rings. The molecule has 1 saturated heterocycles. The first kappa shape index (κ1) is 16.6. The van der Waals surface area contributed by atoms with Crippen molar-refractivity contribution >= 4 is 11.6 Å². The van der Waals surface area contributed by atoms with Crippen molar-refractivity contribution in [2.75, 3.05) is 39.2 Å². The van der Waals surface area contributed by atoms with Crippen LogP contribution in [-0.2, 0) is 4.79 Å². The molecule has 1 aliphatic heterocycles. The van der Waals surface area contributed by atoms with Crippen LogP contribution < -0.4 is 14.8 Å². The van der Waals surface area contributed by atoms with Crippen LogP contribution in [0.3, 0.4) is 0 Å². The van der Waals surface area contributed by atoms with Crippen molar-refractivity contribution in [2.24, 2.45) is 11.8 Å². The van der Waals surface area contributed by atoms with E-state index in [1.54, 1.807) is 26.4 Å². The summed E-state index contributed by atoms with van der Waals surface area (Å²) in [5.41, 5.74) is 0.723. The van der Waals surface area contributed by atoms with Crippen molar-refractivity contribution in [1.82, 2.24) is 4.90 Å². The molecule has 1 aromatic carbocycles. The van der Waals surface area contributed by atoms with Crippen LogP contribution in [-0.4, -0.2) is 44.7 Å². The Morgan fingerprint density at radius 2 is 1.82 bits per heavy atom. The molecule has 1 N–H and O–H groups in total. The lowest BCUT2D eigenvalue weighted by Crippen LogP contribution is -2.42. The summed E-state index contributed by atoms with van der Waals surface area (Å²) in [6, 6.07) is 5.39. The van der Waals surface area contributed by atoms with Crippen molar-refractivity contribution in [2.45, 2.75) is 20.3 Å². The van der Waals surface area contributed by atoms with Crippen molar-refractivity contribution in [3.05, 3.63) is 18.2 Å². The highest BCUT2D eigenvalue weighted by atomic mass is 16.5. The number of piperidine rings is 1. The Morgan fingerprint density at radius 3 is 2.41 bits per heavy atom. The van der Waals surface area contributed by atoms with Gasteiger partial charge >= 0.3 is 0 Å². The van der Waals surface area contributed by atoms with Crippen molar-refractivity contribution < 1.29 is 14.3 Å². The number of amides is 1. The number of rotatable bonds is 5. The van der Waals surface area contributed by atoms with Gasteiger partial charge in [0.15, 0.2) is 11.5 Å². The lowest BCUT2D eigenvalue weighted by atomic mass is 9.92. The average Bonchev–Trinajstić information content (AvgIpc) is 2.45. The second-order valence-electron chi connectivity index (χ2n) is 6.26. The lowest BCUT2D eigenvalue weighted by Gasteiger charge is -2.34. The Morgan fingerprint density at radius 1 is 1.18 bits per heavy atom. The number of ether oxygens (including phenoxy) is 2. The zero-order valence-corrected chi connectivity index (χ0v) is 13.9. The van der Waals surface area contributed by atoms with E-state index in [9.17, 15) is 4.79 Å². The third-order valence-corrected chi connectivity index (χ3v) is 3.98. The maximum atomic E-state index is 12.2. The van der Waals surface area contributed by atoms with E-state index < -0.39 is 0 Å². The van der Waals surface area contributed by atoms with Gasteiger partial charge < -0.3 is 14.8 Å². The molecule has 0 saturated carbocycles. The number of anilines is 1. The van der Waals surface area contributed by atoms with Gasteiger partial charge in [0.2, 0.25) is 5.91 Å². The molecule has 0 aromatic heterocycles. The maximum absolute atomic E-state index is 12.2. The monoisotopic (exact) mass is 306 g/mol. The van der Waals surface area contributed by atoms with Crippen LogP contribution >= 0.6 is 0 Å². The number of benzene rings is 1. The van der Waals surface area contributed by atoms with E-state index in [1.165, 1.54) is 6.42 Å². The van der Waals surface area contributed by atoms with Gasteiger partial charge in [0, 0.05) is 24.8 Å². The zero-order chi connectivity index (χ0) is 16.1. The van der Waals surface area contributed by atoms with Crippen LogP contribution in [0.2, 0.25) is 0 Å². The molecule has 0 bridgehead atoms. The Labute approximate surface area is 132 Å². The molecular weight excluding hydrogens is 280 g/mol. The third kappa shape index (κ3) is 4.37. The van der Waals surface area contributed by atoms with Gasteiger partial charge in [-0.1, -0.05) is 13.8 Å². The summed E-state index contributed by atoms with van der Waals surface area (Å²) in [4.78, 5) is 14.5. The molecule has 2 rings (SSSR count). The van der Waals surface area contributed by atoms with Crippen molar-refractivity contribution in [1.29, 1.82) is 0 Å². The molecule has 1 heterocycles. The average molecular weight is 306 g/mol. The number of carbonyl (C=O) groups is 1. The molecule has 5 heteroatoms. The molecule has 0 unspecified atom stereocenters. The normalized spacial score (nSPS) is 22.2. The fourth-order valence-electron chi connectivity index (χ4n) is 3.24. The van der Waals surface area contributed by atoms with Gasteiger partial charge in [-0.05, 0) is 30.4 Å². The van der Waals surface area contributed by atoms with E-state index in [1.807, 2.05) is 6.07 Å². The first-order valence-electron chi connectivity index (χ1n) is 7.76. The number of carbonyl (C=O) groups excluding carboxylic acids is 1. The highest BCUT2D eigenvalue weighted by molar-refractivity contribution is 5.92. The van der Waals surface area contributed by atoms with E-state index in [0.717, 1.165) is 18.8 Å². The minimum absolute atomic E-state index is 0.00789. The topological polar surface area (TPSA) is 50.8 Å². The fourth-order valence-corrected chi connectivity index (χ4v) is 3.24.